The van der Waals surface area contributed by atoms with Gasteiger partial charge in [0, 0.05) is 10.0 Å². The van der Waals surface area contributed by atoms with Crippen molar-refractivity contribution < 1.29 is 4.74 Å². The Hall–Kier alpha value is -1.71. The molecule has 0 fully saturated rings. The Labute approximate surface area is 126 Å². The molecule has 0 aliphatic rings. The van der Waals surface area contributed by atoms with E-state index in [4.69, 9.17) is 27.9 Å². The van der Waals surface area contributed by atoms with Crippen LogP contribution < -0.4 is 4.74 Å². The van der Waals surface area contributed by atoms with Crippen molar-refractivity contribution in [2.45, 2.75) is 13.5 Å². The molecule has 5 heteroatoms. The zero-order valence-corrected chi connectivity index (χ0v) is 12.3. The van der Waals surface area contributed by atoms with Gasteiger partial charge >= 0.3 is 0 Å². The highest BCUT2D eigenvalue weighted by Crippen LogP contribution is 2.22. The van der Waals surface area contributed by atoms with Crippen LogP contribution in [0.4, 0.5) is 0 Å². The minimum absolute atomic E-state index is 0.368. The molecule has 3 aromatic rings. The van der Waals surface area contributed by atoms with Crippen molar-refractivity contribution in [2.24, 2.45) is 0 Å². The zero-order chi connectivity index (χ0) is 14.1. The molecule has 0 aliphatic heterocycles. The van der Waals surface area contributed by atoms with Crippen molar-refractivity contribution in [1.82, 2.24) is 9.97 Å². The molecule has 0 radical (unpaired) electrons. The van der Waals surface area contributed by atoms with Gasteiger partial charge in [-0.3, -0.25) is 0 Å². The van der Waals surface area contributed by atoms with Gasteiger partial charge in [-0.1, -0.05) is 23.2 Å². The van der Waals surface area contributed by atoms with Crippen molar-refractivity contribution in [1.29, 1.82) is 0 Å². The number of imidazole rings is 1. The highest BCUT2D eigenvalue weighted by Gasteiger charge is 2.05. The number of ether oxygens (including phenoxy) is 1. The fourth-order valence-electron chi connectivity index (χ4n) is 1.96. The van der Waals surface area contributed by atoms with Crippen molar-refractivity contribution in [3.05, 3.63) is 57.8 Å². The number of aromatic nitrogens is 2. The minimum Gasteiger partial charge on any atom is -0.486 e. The van der Waals surface area contributed by atoms with Gasteiger partial charge in [-0.15, -0.1) is 0 Å². The summed E-state index contributed by atoms with van der Waals surface area (Å²) in [4.78, 5) is 7.63. The van der Waals surface area contributed by atoms with Gasteiger partial charge in [0.25, 0.3) is 0 Å². The second kappa shape index (κ2) is 5.35. The molecule has 20 heavy (non-hydrogen) atoms. The summed E-state index contributed by atoms with van der Waals surface area (Å²) in [7, 11) is 0. The third kappa shape index (κ3) is 2.74. The van der Waals surface area contributed by atoms with Crippen LogP contribution in [-0.4, -0.2) is 9.97 Å². The Bertz CT molecular complexity index is 768. The molecule has 0 amide bonds. The number of hydrogen-bond acceptors (Lipinski definition) is 2. The third-order valence-corrected chi connectivity index (χ3v) is 3.66. The number of hydrogen-bond donors (Lipinski definition) is 1. The number of rotatable bonds is 3. The molecule has 0 atom stereocenters. The number of aryl methyl sites for hydroxylation is 1. The number of nitrogens with zero attached hydrogens (tertiary/aromatic N) is 1. The van der Waals surface area contributed by atoms with Crippen LogP contribution in [0.15, 0.2) is 36.4 Å². The largest absolute Gasteiger partial charge is 0.486 e. The first-order valence-corrected chi connectivity index (χ1v) is 6.90. The molecule has 0 saturated carbocycles. The highest BCUT2D eigenvalue weighted by atomic mass is 35.5. The van der Waals surface area contributed by atoms with Crippen molar-refractivity contribution >= 4 is 34.2 Å². The summed E-state index contributed by atoms with van der Waals surface area (Å²) < 4.78 is 5.70. The van der Waals surface area contributed by atoms with E-state index in [2.05, 4.69) is 9.97 Å². The van der Waals surface area contributed by atoms with Crippen LogP contribution in [0, 0.1) is 6.92 Å². The van der Waals surface area contributed by atoms with E-state index < -0.39 is 0 Å². The molecule has 0 spiro atoms. The standard InChI is InChI=1S/C15H12Cl2N2O/c1-9-6-11(3-4-12(9)17)20-8-15-18-13-5-2-10(16)7-14(13)19-15/h2-7H,8H2,1H3,(H,18,19). The Morgan fingerprint density at radius 3 is 2.80 bits per heavy atom. The van der Waals surface area contributed by atoms with Crippen molar-refractivity contribution in [3.8, 4) is 5.75 Å². The van der Waals surface area contributed by atoms with Gasteiger partial charge < -0.3 is 9.72 Å². The molecule has 2 aromatic carbocycles. The lowest BCUT2D eigenvalue weighted by Crippen LogP contribution is -1.97. The Balaban J connectivity index is 1.77. The van der Waals surface area contributed by atoms with E-state index in [1.54, 1.807) is 0 Å². The van der Waals surface area contributed by atoms with E-state index in [1.165, 1.54) is 0 Å². The summed E-state index contributed by atoms with van der Waals surface area (Å²) in [6.45, 7) is 2.31. The van der Waals surface area contributed by atoms with Crippen LogP contribution in [0.3, 0.4) is 0 Å². The maximum Gasteiger partial charge on any atom is 0.146 e. The normalized spacial score (nSPS) is 10.9. The van der Waals surface area contributed by atoms with E-state index in [0.717, 1.165) is 33.2 Å². The first kappa shape index (κ1) is 13.3. The fraction of sp³-hybridized carbons (Fsp3) is 0.133. The van der Waals surface area contributed by atoms with Crippen molar-refractivity contribution in [2.75, 3.05) is 0 Å². The molecule has 1 heterocycles. The van der Waals surface area contributed by atoms with Crippen LogP contribution in [0.1, 0.15) is 11.4 Å². The van der Waals surface area contributed by atoms with Gasteiger partial charge in [0.2, 0.25) is 0 Å². The predicted molar refractivity (Wildman–Crippen MR) is 81.6 cm³/mol. The second-order valence-electron chi connectivity index (χ2n) is 4.54. The number of H-pyrrole nitrogens is 1. The third-order valence-electron chi connectivity index (χ3n) is 3.00. The highest BCUT2D eigenvalue weighted by molar-refractivity contribution is 6.31. The minimum atomic E-state index is 0.368. The maximum atomic E-state index is 5.98. The summed E-state index contributed by atoms with van der Waals surface area (Å²) >= 11 is 11.9. The van der Waals surface area contributed by atoms with Gasteiger partial charge in [-0.25, -0.2) is 4.98 Å². The van der Waals surface area contributed by atoms with E-state index in [-0.39, 0.29) is 0 Å². The van der Waals surface area contributed by atoms with Gasteiger partial charge in [0.15, 0.2) is 0 Å². The summed E-state index contributed by atoms with van der Waals surface area (Å²) in [6, 6.07) is 11.1. The van der Waals surface area contributed by atoms with Crippen LogP contribution in [-0.2, 0) is 6.61 Å². The number of fused-ring (bicyclic) bond motifs is 1. The van der Waals surface area contributed by atoms with Gasteiger partial charge in [0.1, 0.15) is 18.2 Å². The molecule has 3 rings (SSSR count). The molecule has 3 nitrogen and oxygen atoms in total. The lowest BCUT2D eigenvalue weighted by Gasteiger charge is -2.05. The van der Waals surface area contributed by atoms with Crippen LogP contribution in [0.2, 0.25) is 10.0 Å². The average molecular weight is 307 g/mol. The van der Waals surface area contributed by atoms with Gasteiger partial charge in [-0.05, 0) is 48.9 Å². The molecule has 0 unspecified atom stereocenters. The Morgan fingerprint density at radius 1 is 1.15 bits per heavy atom. The summed E-state index contributed by atoms with van der Waals surface area (Å²) in [5.41, 5.74) is 2.77. The van der Waals surface area contributed by atoms with E-state index in [0.29, 0.717) is 11.6 Å². The van der Waals surface area contributed by atoms with Crippen molar-refractivity contribution in [3.63, 3.8) is 0 Å². The molecular weight excluding hydrogens is 295 g/mol. The molecule has 1 N–H and O–H groups in total. The summed E-state index contributed by atoms with van der Waals surface area (Å²) in [5, 5.41) is 1.41. The van der Waals surface area contributed by atoms with Crippen LogP contribution in [0.25, 0.3) is 11.0 Å². The lowest BCUT2D eigenvalue weighted by molar-refractivity contribution is 0.297. The molecule has 1 aromatic heterocycles. The number of nitrogens with one attached hydrogen (secondary N) is 1. The van der Waals surface area contributed by atoms with Crippen LogP contribution in [0.5, 0.6) is 5.75 Å². The SMILES string of the molecule is Cc1cc(OCc2nc3ccc(Cl)cc3[nH]2)ccc1Cl. The zero-order valence-electron chi connectivity index (χ0n) is 10.8. The lowest BCUT2D eigenvalue weighted by atomic mass is 10.2. The molecule has 0 bridgehead atoms. The number of aromatic amines is 1. The molecule has 0 saturated heterocycles. The Kier molecular flexibility index (Phi) is 3.55. The monoisotopic (exact) mass is 306 g/mol. The number of benzene rings is 2. The molecular formula is C15H12Cl2N2O. The topological polar surface area (TPSA) is 37.9 Å². The fourth-order valence-corrected chi connectivity index (χ4v) is 2.25. The second-order valence-corrected chi connectivity index (χ2v) is 5.39. The maximum absolute atomic E-state index is 5.98. The first-order valence-electron chi connectivity index (χ1n) is 6.15. The number of halogens is 2. The summed E-state index contributed by atoms with van der Waals surface area (Å²) in [6.07, 6.45) is 0. The van der Waals surface area contributed by atoms with Crippen LogP contribution >= 0.6 is 23.2 Å². The van der Waals surface area contributed by atoms with Gasteiger partial charge in [-0.2, -0.15) is 0 Å². The van der Waals surface area contributed by atoms with E-state index in [9.17, 15) is 0 Å². The van der Waals surface area contributed by atoms with E-state index in [1.807, 2.05) is 43.3 Å². The van der Waals surface area contributed by atoms with Gasteiger partial charge in [0.05, 0.1) is 11.0 Å². The van der Waals surface area contributed by atoms with E-state index >= 15 is 0 Å². The molecule has 102 valence electrons. The smallest absolute Gasteiger partial charge is 0.146 e. The quantitative estimate of drug-likeness (QED) is 0.757. The Morgan fingerprint density at radius 2 is 2.00 bits per heavy atom. The predicted octanol–water partition coefficient (Wildman–Crippen LogP) is 4.76. The average Bonchev–Trinajstić information content (AvgIpc) is 2.82. The summed E-state index contributed by atoms with van der Waals surface area (Å²) in [5.74, 6) is 1.53. The first-order chi connectivity index (χ1) is 9.61. The molecule has 0 aliphatic carbocycles.